The van der Waals surface area contributed by atoms with Crippen LogP contribution in [0.15, 0.2) is 48.5 Å². The first-order valence-electron chi connectivity index (χ1n) is 7.67. The Hall–Kier alpha value is -3.03. The van der Waals surface area contributed by atoms with E-state index in [-0.39, 0.29) is 24.1 Å². The van der Waals surface area contributed by atoms with E-state index < -0.39 is 12.8 Å². The molecule has 0 aliphatic carbocycles. The fourth-order valence-electron chi connectivity index (χ4n) is 2.09. The number of ether oxygens (including phenoxy) is 1. The molecular weight excluding hydrogens is 349 g/mol. The molecule has 0 aliphatic heterocycles. The minimum absolute atomic E-state index is 0.0976. The van der Waals surface area contributed by atoms with Gasteiger partial charge in [-0.2, -0.15) is 13.2 Å². The highest BCUT2D eigenvalue weighted by Gasteiger charge is 2.28. The molecule has 0 spiro atoms. The van der Waals surface area contributed by atoms with Crippen LogP contribution in [0.4, 0.5) is 18.9 Å². The molecule has 2 amide bonds. The second-order valence-corrected chi connectivity index (χ2v) is 5.49. The van der Waals surface area contributed by atoms with Crippen LogP contribution in [-0.4, -0.2) is 24.6 Å². The third-order valence-corrected chi connectivity index (χ3v) is 3.22. The van der Waals surface area contributed by atoms with Crippen molar-refractivity contribution in [2.75, 3.05) is 11.9 Å². The van der Waals surface area contributed by atoms with Crippen LogP contribution in [0, 0.1) is 0 Å². The van der Waals surface area contributed by atoms with Gasteiger partial charge in [0.1, 0.15) is 5.75 Å². The highest BCUT2D eigenvalue weighted by molar-refractivity contribution is 5.96. The van der Waals surface area contributed by atoms with Crippen LogP contribution in [0.1, 0.15) is 22.8 Å². The van der Waals surface area contributed by atoms with Crippen molar-refractivity contribution in [1.29, 1.82) is 0 Å². The molecule has 0 saturated heterocycles. The molecule has 8 heteroatoms. The van der Waals surface area contributed by atoms with Gasteiger partial charge in [0.05, 0.1) is 0 Å². The van der Waals surface area contributed by atoms with Gasteiger partial charge in [0.2, 0.25) is 5.91 Å². The number of anilines is 1. The maximum atomic E-state index is 12.2. The van der Waals surface area contributed by atoms with Crippen LogP contribution < -0.4 is 15.4 Å². The van der Waals surface area contributed by atoms with E-state index in [1.54, 1.807) is 36.4 Å². The van der Waals surface area contributed by atoms with Crippen molar-refractivity contribution in [2.24, 2.45) is 0 Å². The lowest BCUT2D eigenvalue weighted by Crippen LogP contribution is -2.23. The number of carbonyl (C=O) groups is 2. The highest BCUT2D eigenvalue weighted by Crippen LogP contribution is 2.19. The lowest BCUT2D eigenvalue weighted by molar-refractivity contribution is -0.153. The summed E-state index contributed by atoms with van der Waals surface area (Å²) in [4.78, 5) is 23.2. The number of hydrogen-bond acceptors (Lipinski definition) is 3. The Morgan fingerprint density at radius 1 is 1.08 bits per heavy atom. The van der Waals surface area contributed by atoms with Gasteiger partial charge < -0.3 is 15.4 Å². The van der Waals surface area contributed by atoms with Crippen LogP contribution >= 0.6 is 0 Å². The van der Waals surface area contributed by atoms with Crippen molar-refractivity contribution in [3.63, 3.8) is 0 Å². The van der Waals surface area contributed by atoms with Gasteiger partial charge in [0.25, 0.3) is 5.91 Å². The standard InChI is InChI=1S/C18H17F3N2O3/c1-12(24)23-15-4-2-3-14(9-15)17(25)22-10-13-5-7-16(8-6-13)26-11-18(19,20)21/h2-9H,10-11H2,1H3,(H,22,25)(H,23,24). The number of hydrogen-bond donors (Lipinski definition) is 2. The van der Waals surface area contributed by atoms with E-state index >= 15 is 0 Å². The molecule has 2 aromatic rings. The summed E-state index contributed by atoms with van der Waals surface area (Å²) in [5, 5.41) is 5.29. The molecule has 2 rings (SSSR count). The maximum Gasteiger partial charge on any atom is 0.422 e. The lowest BCUT2D eigenvalue weighted by atomic mass is 10.1. The van der Waals surface area contributed by atoms with Gasteiger partial charge in [0, 0.05) is 24.7 Å². The normalized spacial score (nSPS) is 10.9. The van der Waals surface area contributed by atoms with Crippen LogP contribution in [-0.2, 0) is 11.3 Å². The van der Waals surface area contributed by atoms with E-state index in [2.05, 4.69) is 15.4 Å². The molecular formula is C18H17F3N2O3. The fraction of sp³-hybridized carbons (Fsp3) is 0.222. The number of halogens is 3. The molecule has 0 unspecified atom stereocenters. The number of rotatable bonds is 6. The third kappa shape index (κ3) is 6.46. The quantitative estimate of drug-likeness (QED) is 0.822. The summed E-state index contributed by atoms with van der Waals surface area (Å²) >= 11 is 0. The van der Waals surface area contributed by atoms with Gasteiger partial charge in [-0.15, -0.1) is 0 Å². The predicted octanol–water partition coefficient (Wildman–Crippen LogP) is 3.52. The summed E-state index contributed by atoms with van der Waals surface area (Å²) in [5.74, 6) is -0.481. The smallest absolute Gasteiger partial charge is 0.422 e. The van der Waals surface area contributed by atoms with Gasteiger partial charge in [-0.1, -0.05) is 18.2 Å². The molecule has 0 aliphatic rings. The number of nitrogens with one attached hydrogen (secondary N) is 2. The second kappa shape index (κ2) is 8.37. The Kier molecular flexibility index (Phi) is 6.21. The van der Waals surface area contributed by atoms with Crippen molar-refractivity contribution >= 4 is 17.5 Å². The fourth-order valence-corrected chi connectivity index (χ4v) is 2.09. The highest BCUT2D eigenvalue weighted by atomic mass is 19.4. The summed E-state index contributed by atoms with van der Waals surface area (Å²) in [6.07, 6.45) is -4.39. The van der Waals surface area contributed by atoms with E-state index in [1.165, 1.54) is 19.1 Å². The first-order chi connectivity index (χ1) is 12.2. The molecule has 0 fully saturated rings. The Labute approximate surface area is 148 Å². The van der Waals surface area contributed by atoms with Crippen LogP contribution in [0.2, 0.25) is 0 Å². The van der Waals surface area contributed by atoms with Crippen LogP contribution in [0.25, 0.3) is 0 Å². The molecule has 0 atom stereocenters. The molecule has 5 nitrogen and oxygen atoms in total. The molecule has 2 aromatic carbocycles. The van der Waals surface area contributed by atoms with Crippen LogP contribution in [0.3, 0.4) is 0 Å². The Morgan fingerprint density at radius 2 is 1.77 bits per heavy atom. The van der Waals surface area contributed by atoms with E-state index in [4.69, 9.17) is 0 Å². The van der Waals surface area contributed by atoms with Crippen molar-refractivity contribution in [1.82, 2.24) is 5.32 Å². The summed E-state index contributed by atoms with van der Waals surface area (Å²) in [5.41, 5.74) is 1.59. The zero-order valence-corrected chi connectivity index (χ0v) is 13.9. The predicted molar refractivity (Wildman–Crippen MR) is 89.9 cm³/mol. The minimum atomic E-state index is -4.39. The zero-order chi connectivity index (χ0) is 19.2. The molecule has 2 N–H and O–H groups in total. The molecule has 0 radical (unpaired) electrons. The number of carbonyl (C=O) groups excluding carboxylic acids is 2. The van der Waals surface area contributed by atoms with E-state index in [0.717, 1.165) is 0 Å². The van der Waals surface area contributed by atoms with Crippen molar-refractivity contribution in [2.45, 2.75) is 19.6 Å². The average molecular weight is 366 g/mol. The molecule has 138 valence electrons. The van der Waals surface area contributed by atoms with Gasteiger partial charge in [-0.05, 0) is 35.9 Å². The Balaban J connectivity index is 1.90. The molecule has 0 aromatic heterocycles. The Morgan fingerprint density at radius 3 is 2.38 bits per heavy atom. The molecule has 0 saturated carbocycles. The van der Waals surface area contributed by atoms with E-state index in [9.17, 15) is 22.8 Å². The molecule has 0 heterocycles. The van der Waals surface area contributed by atoms with Gasteiger partial charge >= 0.3 is 6.18 Å². The summed E-state index contributed by atoms with van der Waals surface area (Å²) in [7, 11) is 0. The van der Waals surface area contributed by atoms with Gasteiger partial charge in [-0.3, -0.25) is 9.59 Å². The Bertz CT molecular complexity index is 774. The van der Waals surface area contributed by atoms with Crippen molar-refractivity contribution < 1.29 is 27.5 Å². The van der Waals surface area contributed by atoms with Crippen LogP contribution in [0.5, 0.6) is 5.75 Å². The molecule has 26 heavy (non-hydrogen) atoms. The lowest BCUT2D eigenvalue weighted by Gasteiger charge is -2.10. The van der Waals surface area contributed by atoms with Crippen molar-refractivity contribution in [3.8, 4) is 5.75 Å². The average Bonchev–Trinajstić information content (AvgIpc) is 2.58. The zero-order valence-electron chi connectivity index (χ0n) is 13.9. The second-order valence-electron chi connectivity index (χ2n) is 5.49. The van der Waals surface area contributed by atoms with Gasteiger partial charge in [-0.25, -0.2) is 0 Å². The summed E-state index contributed by atoms with van der Waals surface area (Å²) in [6.45, 7) is 0.214. The number of benzene rings is 2. The largest absolute Gasteiger partial charge is 0.484 e. The minimum Gasteiger partial charge on any atom is -0.484 e. The van der Waals surface area contributed by atoms with E-state index in [1.807, 2.05) is 0 Å². The first-order valence-corrected chi connectivity index (χ1v) is 7.67. The van der Waals surface area contributed by atoms with Crippen molar-refractivity contribution in [3.05, 3.63) is 59.7 Å². The third-order valence-electron chi connectivity index (χ3n) is 3.22. The monoisotopic (exact) mass is 366 g/mol. The molecule has 0 bridgehead atoms. The topological polar surface area (TPSA) is 67.4 Å². The summed E-state index contributed by atoms with van der Waals surface area (Å²) < 4.78 is 40.9. The first kappa shape index (κ1) is 19.3. The van der Waals surface area contributed by atoms with E-state index in [0.29, 0.717) is 16.8 Å². The number of alkyl halides is 3. The SMILES string of the molecule is CC(=O)Nc1cccc(C(=O)NCc2ccc(OCC(F)(F)F)cc2)c1. The van der Waals surface area contributed by atoms with Gasteiger partial charge in [0.15, 0.2) is 6.61 Å². The maximum absolute atomic E-state index is 12.2. The number of amides is 2. The summed E-state index contributed by atoms with van der Waals surface area (Å²) in [6, 6.07) is 12.4.